The fraction of sp³-hybridized carbons (Fsp3) is 0.333. The number of hydrogen-bond acceptors (Lipinski definition) is 6. The molecule has 0 heterocycles. The molecule has 26 heavy (non-hydrogen) atoms. The van der Waals surface area contributed by atoms with Gasteiger partial charge in [-0.1, -0.05) is 24.3 Å². The summed E-state index contributed by atoms with van der Waals surface area (Å²) in [5.41, 5.74) is 0.519. The second kappa shape index (κ2) is 9.42. The second-order valence-corrected chi connectivity index (χ2v) is 7.39. The first kappa shape index (κ1) is 20.0. The van der Waals surface area contributed by atoms with Gasteiger partial charge in [0.1, 0.15) is 12.4 Å². The highest BCUT2D eigenvalue weighted by atomic mass is 32.2. The van der Waals surface area contributed by atoms with Gasteiger partial charge in [0.2, 0.25) is 10.0 Å². The maximum Gasteiger partial charge on any atom is 0.215 e. The molecule has 0 bridgehead atoms. The summed E-state index contributed by atoms with van der Waals surface area (Å²) < 4.78 is 42.1. The molecular formula is C18H23NO6S. The van der Waals surface area contributed by atoms with Gasteiger partial charge in [0, 0.05) is 6.54 Å². The monoisotopic (exact) mass is 381 g/mol. The molecule has 0 radical (unpaired) electrons. The molecule has 1 atom stereocenters. The summed E-state index contributed by atoms with van der Waals surface area (Å²) >= 11 is 0. The Balaban J connectivity index is 1.86. The first-order chi connectivity index (χ1) is 12.4. The minimum atomic E-state index is -3.57. The van der Waals surface area contributed by atoms with E-state index in [1.54, 1.807) is 30.3 Å². The highest BCUT2D eigenvalue weighted by Gasteiger charge is 2.16. The van der Waals surface area contributed by atoms with Crippen LogP contribution in [0.1, 0.15) is 11.7 Å². The van der Waals surface area contributed by atoms with Crippen molar-refractivity contribution in [1.82, 2.24) is 4.72 Å². The Bertz CT molecular complexity index is 795. The SMILES string of the molecule is COc1ccc(C(O)CNS(=O)(=O)CCOc2ccccc2)cc1OC. The van der Waals surface area contributed by atoms with E-state index in [1.807, 2.05) is 18.2 Å². The van der Waals surface area contributed by atoms with Gasteiger partial charge >= 0.3 is 0 Å². The molecule has 2 aromatic carbocycles. The number of methoxy groups -OCH3 is 2. The molecule has 0 spiro atoms. The Labute approximate surface area is 153 Å². The van der Waals surface area contributed by atoms with Gasteiger partial charge in [0.05, 0.1) is 26.1 Å². The summed E-state index contributed by atoms with van der Waals surface area (Å²) in [5, 5.41) is 10.2. The molecule has 0 saturated heterocycles. The molecule has 0 amide bonds. The third kappa shape index (κ3) is 5.91. The highest BCUT2D eigenvalue weighted by Crippen LogP contribution is 2.29. The van der Waals surface area contributed by atoms with Crippen molar-refractivity contribution in [3.05, 3.63) is 54.1 Å². The standard InChI is InChI=1S/C18H23NO6S/c1-23-17-9-8-14(12-18(17)24-2)16(20)13-19-26(21,22)11-10-25-15-6-4-3-5-7-15/h3-9,12,16,19-20H,10-11,13H2,1-2H3. The fourth-order valence-corrected chi connectivity index (χ4v) is 3.10. The Morgan fingerprint density at radius 2 is 1.73 bits per heavy atom. The van der Waals surface area contributed by atoms with E-state index in [4.69, 9.17) is 14.2 Å². The first-order valence-electron chi connectivity index (χ1n) is 8.00. The second-order valence-electron chi connectivity index (χ2n) is 5.46. The summed E-state index contributed by atoms with van der Waals surface area (Å²) in [7, 11) is -0.571. The van der Waals surface area contributed by atoms with Gasteiger partial charge < -0.3 is 19.3 Å². The molecule has 142 valence electrons. The molecule has 2 aromatic rings. The van der Waals surface area contributed by atoms with Gasteiger partial charge in [-0.15, -0.1) is 0 Å². The average molecular weight is 381 g/mol. The fourth-order valence-electron chi connectivity index (χ4n) is 2.24. The lowest BCUT2D eigenvalue weighted by Crippen LogP contribution is -2.32. The van der Waals surface area contributed by atoms with Crippen LogP contribution >= 0.6 is 0 Å². The molecule has 8 heteroatoms. The van der Waals surface area contributed by atoms with Crippen LogP contribution in [0.4, 0.5) is 0 Å². The van der Waals surface area contributed by atoms with Crippen molar-refractivity contribution in [2.45, 2.75) is 6.10 Å². The Hall–Kier alpha value is -2.29. The van der Waals surface area contributed by atoms with Crippen LogP contribution in [0.15, 0.2) is 48.5 Å². The van der Waals surface area contributed by atoms with Gasteiger partial charge in [-0.05, 0) is 29.8 Å². The first-order valence-corrected chi connectivity index (χ1v) is 9.65. The summed E-state index contributed by atoms with van der Waals surface area (Å²) in [4.78, 5) is 0. The number of hydrogen-bond donors (Lipinski definition) is 2. The smallest absolute Gasteiger partial charge is 0.215 e. The zero-order valence-electron chi connectivity index (χ0n) is 14.7. The normalized spacial score (nSPS) is 12.4. The Kier molecular flexibility index (Phi) is 7.26. The lowest BCUT2D eigenvalue weighted by Gasteiger charge is -2.15. The lowest BCUT2D eigenvalue weighted by atomic mass is 10.1. The van der Waals surface area contributed by atoms with E-state index < -0.39 is 16.1 Å². The van der Waals surface area contributed by atoms with Gasteiger partial charge in [0.25, 0.3) is 0 Å². The molecular weight excluding hydrogens is 358 g/mol. The molecule has 0 fully saturated rings. The van der Waals surface area contributed by atoms with Crippen LogP contribution in [-0.4, -0.2) is 46.6 Å². The number of nitrogens with one attached hydrogen (secondary N) is 1. The number of benzene rings is 2. The molecule has 0 aliphatic carbocycles. The summed E-state index contributed by atoms with van der Waals surface area (Å²) in [6.07, 6.45) is -1.01. The van der Waals surface area contributed by atoms with Crippen LogP contribution in [0, 0.1) is 0 Å². The topological polar surface area (TPSA) is 94.1 Å². The Morgan fingerprint density at radius 3 is 2.38 bits per heavy atom. The van der Waals surface area contributed by atoms with Crippen LogP contribution in [0.3, 0.4) is 0 Å². The van der Waals surface area contributed by atoms with Crippen LogP contribution in [0.5, 0.6) is 17.2 Å². The molecule has 7 nitrogen and oxygen atoms in total. The third-order valence-corrected chi connectivity index (χ3v) is 4.96. The van der Waals surface area contributed by atoms with Crippen LogP contribution in [-0.2, 0) is 10.0 Å². The third-order valence-electron chi connectivity index (χ3n) is 3.65. The maximum atomic E-state index is 12.0. The molecule has 0 aliphatic heterocycles. The van der Waals surface area contributed by atoms with Crippen molar-refractivity contribution in [1.29, 1.82) is 0 Å². The van der Waals surface area contributed by atoms with Gasteiger partial charge in [-0.3, -0.25) is 0 Å². The van der Waals surface area contributed by atoms with E-state index in [0.717, 1.165) is 0 Å². The van der Waals surface area contributed by atoms with Crippen LogP contribution in [0.25, 0.3) is 0 Å². The molecule has 0 saturated carbocycles. The van der Waals surface area contributed by atoms with Crippen molar-refractivity contribution < 1.29 is 27.7 Å². The van der Waals surface area contributed by atoms with E-state index >= 15 is 0 Å². The van der Waals surface area contributed by atoms with Crippen LogP contribution < -0.4 is 18.9 Å². The molecule has 2 rings (SSSR count). The Morgan fingerprint density at radius 1 is 1.04 bits per heavy atom. The van der Waals surface area contributed by atoms with Gasteiger partial charge in [0.15, 0.2) is 11.5 Å². The lowest BCUT2D eigenvalue weighted by molar-refractivity contribution is 0.181. The number of rotatable bonds is 10. The largest absolute Gasteiger partial charge is 0.493 e. The average Bonchev–Trinajstić information content (AvgIpc) is 2.66. The van der Waals surface area contributed by atoms with E-state index in [-0.39, 0.29) is 18.9 Å². The zero-order valence-corrected chi connectivity index (χ0v) is 15.5. The molecule has 2 N–H and O–H groups in total. The van der Waals surface area contributed by atoms with Crippen molar-refractivity contribution in [2.75, 3.05) is 33.1 Å². The van der Waals surface area contributed by atoms with Crippen LogP contribution in [0.2, 0.25) is 0 Å². The molecule has 0 aliphatic rings. The number of ether oxygens (including phenoxy) is 3. The summed E-state index contributed by atoms with van der Waals surface area (Å²) in [5.74, 6) is 1.39. The minimum absolute atomic E-state index is 0.0196. The van der Waals surface area contributed by atoms with E-state index in [0.29, 0.717) is 22.8 Å². The number of para-hydroxylation sites is 1. The van der Waals surface area contributed by atoms with E-state index in [2.05, 4.69) is 4.72 Å². The zero-order chi connectivity index (χ0) is 19.0. The molecule has 0 aromatic heterocycles. The van der Waals surface area contributed by atoms with Crippen molar-refractivity contribution >= 4 is 10.0 Å². The van der Waals surface area contributed by atoms with Crippen molar-refractivity contribution in [3.8, 4) is 17.2 Å². The number of aliphatic hydroxyl groups is 1. The van der Waals surface area contributed by atoms with E-state index in [9.17, 15) is 13.5 Å². The predicted octanol–water partition coefficient (Wildman–Crippen LogP) is 1.74. The predicted molar refractivity (Wildman–Crippen MR) is 98.2 cm³/mol. The summed E-state index contributed by atoms with van der Waals surface area (Å²) in [6, 6.07) is 13.9. The van der Waals surface area contributed by atoms with Crippen molar-refractivity contribution in [2.24, 2.45) is 0 Å². The van der Waals surface area contributed by atoms with Gasteiger partial charge in [-0.2, -0.15) is 0 Å². The summed E-state index contributed by atoms with van der Waals surface area (Å²) in [6.45, 7) is -0.130. The van der Waals surface area contributed by atoms with E-state index in [1.165, 1.54) is 14.2 Å². The minimum Gasteiger partial charge on any atom is -0.493 e. The number of sulfonamides is 1. The van der Waals surface area contributed by atoms with Gasteiger partial charge in [-0.25, -0.2) is 13.1 Å². The number of aliphatic hydroxyl groups excluding tert-OH is 1. The molecule has 1 unspecified atom stereocenters. The maximum absolute atomic E-state index is 12.0. The highest BCUT2D eigenvalue weighted by molar-refractivity contribution is 7.89. The quantitative estimate of drug-likeness (QED) is 0.651. The van der Waals surface area contributed by atoms with Crippen molar-refractivity contribution in [3.63, 3.8) is 0 Å².